The van der Waals surface area contributed by atoms with E-state index in [1.54, 1.807) is 13.8 Å². The average Bonchev–Trinajstić information content (AvgIpc) is 3.25. The second-order valence-electron chi connectivity index (χ2n) is 7.39. The van der Waals surface area contributed by atoms with E-state index >= 15 is 0 Å². The molecule has 4 amide bonds. The maximum absolute atomic E-state index is 12.7. The van der Waals surface area contributed by atoms with Crippen LogP contribution in [0.3, 0.4) is 0 Å². The molecule has 1 aromatic carbocycles. The monoisotopic (exact) mass is 456 g/mol. The minimum Gasteiger partial charge on any atom is -0.323 e. The number of anilines is 1. The van der Waals surface area contributed by atoms with E-state index in [1.165, 1.54) is 22.5 Å². The molecule has 0 radical (unpaired) electrons. The van der Waals surface area contributed by atoms with Crippen LogP contribution >= 0.6 is 11.6 Å². The van der Waals surface area contributed by atoms with Crippen molar-refractivity contribution < 1.29 is 22.8 Å². The molecular weight excluding hydrogens is 432 g/mol. The SMILES string of the molecule is CCN(CC)S(=O)(=O)c1ccc(Cl)c(NC(=O)CN2C(=O)NC3(CCCC3)C2=O)c1. The van der Waals surface area contributed by atoms with Crippen molar-refractivity contribution in [2.75, 3.05) is 25.0 Å². The Bertz CT molecular complexity index is 971. The fraction of sp³-hybridized carbons (Fsp3) is 0.526. The standard InChI is InChI=1S/C19H25ClN4O5S/c1-3-23(4-2)30(28,29)13-7-8-14(20)15(11-13)21-16(25)12-24-17(26)19(22-18(24)27)9-5-6-10-19/h7-8,11H,3-6,9-10,12H2,1-2H3,(H,21,25)(H,22,27). The lowest BCUT2D eigenvalue weighted by Gasteiger charge is -2.20. The van der Waals surface area contributed by atoms with Crippen LogP contribution in [0.2, 0.25) is 5.02 Å². The molecule has 1 spiro atoms. The van der Waals surface area contributed by atoms with Crippen LogP contribution in [0.5, 0.6) is 0 Å². The summed E-state index contributed by atoms with van der Waals surface area (Å²) in [4.78, 5) is 38.3. The smallest absolute Gasteiger partial charge is 0.323 e. The molecule has 1 aliphatic carbocycles. The molecule has 2 aliphatic rings. The number of hydrogen-bond acceptors (Lipinski definition) is 5. The quantitative estimate of drug-likeness (QED) is 0.610. The molecule has 30 heavy (non-hydrogen) atoms. The number of carbonyl (C=O) groups excluding carboxylic acids is 3. The number of carbonyl (C=O) groups is 3. The topological polar surface area (TPSA) is 116 Å². The first-order valence-corrected chi connectivity index (χ1v) is 11.7. The molecule has 2 fully saturated rings. The maximum Gasteiger partial charge on any atom is 0.325 e. The van der Waals surface area contributed by atoms with Gasteiger partial charge in [0.1, 0.15) is 12.1 Å². The van der Waals surface area contributed by atoms with Gasteiger partial charge in [-0.15, -0.1) is 0 Å². The fourth-order valence-corrected chi connectivity index (χ4v) is 5.59. The van der Waals surface area contributed by atoms with Gasteiger partial charge in [0.2, 0.25) is 15.9 Å². The van der Waals surface area contributed by atoms with Crippen LogP contribution in [0.4, 0.5) is 10.5 Å². The number of amides is 4. The molecule has 164 valence electrons. The van der Waals surface area contributed by atoms with Crippen molar-refractivity contribution in [3.05, 3.63) is 23.2 Å². The summed E-state index contributed by atoms with van der Waals surface area (Å²) in [5.74, 6) is -1.04. The Balaban J connectivity index is 1.76. The van der Waals surface area contributed by atoms with Gasteiger partial charge in [-0.25, -0.2) is 13.2 Å². The summed E-state index contributed by atoms with van der Waals surface area (Å²) in [6.45, 7) is 3.59. The first kappa shape index (κ1) is 22.5. The molecule has 1 aromatic rings. The van der Waals surface area contributed by atoms with Crippen LogP contribution in [0.1, 0.15) is 39.5 Å². The number of imide groups is 1. The van der Waals surface area contributed by atoms with Crippen LogP contribution in [0.15, 0.2) is 23.1 Å². The Morgan fingerprint density at radius 3 is 2.47 bits per heavy atom. The molecule has 3 rings (SSSR count). The van der Waals surface area contributed by atoms with Crippen LogP contribution < -0.4 is 10.6 Å². The van der Waals surface area contributed by atoms with E-state index < -0.39 is 40.0 Å². The Kier molecular flexibility index (Phi) is 6.40. The van der Waals surface area contributed by atoms with E-state index in [2.05, 4.69) is 10.6 Å². The zero-order chi connectivity index (χ0) is 22.1. The van der Waals surface area contributed by atoms with Gasteiger partial charge >= 0.3 is 6.03 Å². The van der Waals surface area contributed by atoms with Crippen molar-refractivity contribution in [1.29, 1.82) is 0 Å². The normalized spacial score (nSPS) is 18.3. The predicted molar refractivity (Wildman–Crippen MR) is 112 cm³/mol. The third-order valence-corrected chi connectivity index (χ3v) is 7.94. The number of halogens is 1. The van der Waals surface area contributed by atoms with Gasteiger partial charge < -0.3 is 10.6 Å². The van der Waals surface area contributed by atoms with Gasteiger partial charge in [0.05, 0.1) is 15.6 Å². The molecular formula is C19H25ClN4O5S. The lowest BCUT2D eigenvalue weighted by atomic mass is 9.98. The number of rotatable bonds is 7. The summed E-state index contributed by atoms with van der Waals surface area (Å²) in [5, 5.41) is 5.37. The van der Waals surface area contributed by atoms with Gasteiger partial charge in [0, 0.05) is 13.1 Å². The van der Waals surface area contributed by atoms with Crippen LogP contribution in [-0.2, 0) is 19.6 Å². The van der Waals surface area contributed by atoms with Crippen molar-refractivity contribution in [3.8, 4) is 0 Å². The second kappa shape index (κ2) is 8.52. The lowest BCUT2D eigenvalue weighted by molar-refractivity contribution is -0.133. The van der Waals surface area contributed by atoms with E-state index in [4.69, 9.17) is 11.6 Å². The molecule has 1 aliphatic heterocycles. The van der Waals surface area contributed by atoms with Gasteiger partial charge in [0.15, 0.2) is 0 Å². The minimum absolute atomic E-state index is 0.00852. The number of benzene rings is 1. The van der Waals surface area contributed by atoms with Gasteiger partial charge in [-0.05, 0) is 31.0 Å². The summed E-state index contributed by atoms with van der Waals surface area (Å²) < 4.78 is 26.7. The summed E-state index contributed by atoms with van der Waals surface area (Å²) in [7, 11) is -3.74. The van der Waals surface area contributed by atoms with Crippen molar-refractivity contribution in [2.24, 2.45) is 0 Å². The van der Waals surface area contributed by atoms with E-state index in [0.717, 1.165) is 17.7 Å². The van der Waals surface area contributed by atoms with E-state index in [0.29, 0.717) is 25.9 Å². The molecule has 0 bridgehead atoms. The highest BCUT2D eigenvalue weighted by atomic mass is 35.5. The summed E-state index contributed by atoms with van der Waals surface area (Å²) in [6.07, 6.45) is 2.81. The van der Waals surface area contributed by atoms with E-state index in [-0.39, 0.29) is 15.6 Å². The number of hydrogen-bond donors (Lipinski definition) is 2. The fourth-order valence-electron chi connectivity index (χ4n) is 3.94. The summed E-state index contributed by atoms with van der Waals surface area (Å²) >= 11 is 6.13. The molecule has 9 nitrogen and oxygen atoms in total. The first-order valence-electron chi connectivity index (χ1n) is 9.88. The van der Waals surface area contributed by atoms with Crippen LogP contribution in [0, 0.1) is 0 Å². The van der Waals surface area contributed by atoms with Crippen molar-refractivity contribution in [1.82, 2.24) is 14.5 Å². The Hall–Kier alpha value is -2.17. The Labute approximate surface area is 180 Å². The number of sulfonamides is 1. The summed E-state index contributed by atoms with van der Waals surface area (Å²) in [5.41, 5.74) is -0.801. The molecule has 0 atom stereocenters. The zero-order valence-electron chi connectivity index (χ0n) is 16.9. The average molecular weight is 457 g/mol. The maximum atomic E-state index is 12.7. The molecule has 11 heteroatoms. The van der Waals surface area contributed by atoms with Gasteiger partial charge in [-0.2, -0.15) is 4.31 Å². The molecule has 1 heterocycles. The van der Waals surface area contributed by atoms with Crippen LogP contribution in [-0.4, -0.2) is 60.6 Å². The number of urea groups is 1. The zero-order valence-corrected chi connectivity index (χ0v) is 18.5. The second-order valence-corrected chi connectivity index (χ2v) is 9.73. The molecule has 1 saturated carbocycles. The highest BCUT2D eigenvalue weighted by Gasteiger charge is 2.52. The van der Waals surface area contributed by atoms with Crippen molar-refractivity contribution in [3.63, 3.8) is 0 Å². The van der Waals surface area contributed by atoms with E-state index in [9.17, 15) is 22.8 Å². The van der Waals surface area contributed by atoms with E-state index in [1.807, 2.05) is 0 Å². The van der Waals surface area contributed by atoms with Gasteiger partial charge in [-0.3, -0.25) is 14.5 Å². The number of nitrogens with one attached hydrogen (secondary N) is 2. The van der Waals surface area contributed by atoms with Crippen molar-refractivity contribution in [2.45, 2.75) is 50.0 Å². The van der Waals surface area contributed by atoms with Crippen LogP contribution in [0.25, 0.3) is 0 Å². The largest absolute Gasteiger partial charge is 0.325 e. The Morgan fingerprint density at radius 2 is 1.87 bits per heavy atom. The van der Waals surface area contributed by atoms with Gasteiger partial charge in [-0.1, -0.05) is 38.3 Å². The molecule has 0 unspecified atom stereocenters. The number of nitrogens with zero attached hydrogens (tertiary/aromatic N) is 2. The summed E-state index contributed by atoms with van der Waals surface area (Å²) in [6, 6.07) is 3.43. The predicted octanol–water partition coefficient (Wildman–Crippen LogP) is 2.17. The third-order valence-electron chi connectivity index (χ3n) is 5.56. The highest BCUT2D eigenvalue weighted by molar-refractivity contribution is 7.89. The first-order chi connectivity index (χ1) is 14.1. The Morgan fingerprint density at radius 1 is 1.23 bits per heavy atom. The molecule has 2 N–H and O–H groups in total. The van der Waals surface area contributed by atoms with Gasteiger partial charge in [0.25, 0.3) is 5.91 Å². The molecule has 0 aromatic heterocycles. The lowest BCUT2D eigenvalue weighted by Crippen LogP contribution is -2.44. The van der Waals surface area contributed by atoms with Crippen molar-refractivity contribution >= 4 is 45.2 Å². The third kappa shape index (κ3) is 4.03. The molecule has 1 saturated heterocycles. The highest BCUT2D eigenvalue weighted by Crippen LogP contribution is 2.35. The minimum atomic E-state index is -3.74.